The molecule has 0 aromatic heterocycles. The van der Waals surface area contributed by atoms with Crippen molar-refractivity contribution in [2.45, 2.75) is 19.1 Å². The molecule has 2 rings (SSSR count). The number of nitrogens with one attached hydrogen (secondary N) is 2. The third-order valence-corrected chi connectivity index (χ3v) is 3.74. The number of nitrogens with zero attached hydrogens (tertiary/aromatic N) is 1. The van der Waals surface area contributed by atoms with E-state index < -0.39 is 6.61 Å². The Bertz CT molecular complexity index is 541. The van der Waals surface area contributed by atoms with E-state index in [2.05, 4.69) is 15.4 Å². The Hall–Kier alpha value is -1.35. The van der Waals surface area contributed by atoms with Crippen molar-refractivity contribution >= 4 is 36.4 Å². The van der Waals surface area contributed by atoms with Gasteiger partial charge in [-0.05, 0) is 18.6 Å². The summed E-state index contributed by atoms with van der Waals surface area (Å²) in [7, 11) is 1.60. The minimum atomic E-state index is -2.86. The lowest BCUT2D eigenvalue weighted by atomic mass is 10.2. The first-order valence-electron chi connectivity index (χ1n) is 7.88. The number of carbonyl (C=O) groups excluding carboxylic acids is 1. The topological polar surface area (TPSA) is 62.8 Å². The zero-order valence-corrected chi connectivity index (χ0v) is 16.1. The second-order valence-corrected chi connectivity index (χ2v) is 5.51. The van der Waals surface area contributed by atoms with E-state index in [9.17, 15) is 13.6 Å². The first-order chi connectivity index (χ1) is 11.6. The van der Waals surface area contributed by atoms with Crippen LogP contribution in [0.2, 0.25) is 0 Å². The van der Waals surface area contributed by atoms with E-state index in [1.54, 1.807) is 25.3 Å². The van der Waals surface area contributed by atoms with Gasteiger partial charge in [-0.1, -0.05) is 12.1 Å². The van der Waals surface area contributed by atoms with Gasteiger partial charge in [0, 0.05) is 32.8 Å². The van der Waals surface area contributed by atoms with Gasteiger partial charge < -0.3 is 25.0 Å². The van der Waals surface area contributed by atoms with Gasteiger partial charge in [0.05, 0.1) is 18.8 Å². The maximum Gasteiger partial charge on any atom is 0.387 e. The van der Waals surface area contributed by atoms with Crippen LogP contribution in [0.3, 0.4) is 0 Å². The molecule has 1 saturated heterocycles. The first-order valence-corrected chi connectivity index (χ1v) is 7.88. The molecule has 26 heavy (non-hydrogen) atoms. The van der Waals surface area contributed by atoms with Crippen LogP contribution in [0.25, 0.3) is 0 Å². The first kappa shape index (κ1) is 24.7. The van der Waals surface area contributed by atoms with E-state index in [0.29, 0.717) is 31.9 Å². The van der Waals surface area contributed by atoms with E-state index in [0.717, 1.165) is 6.42 Å². The standard InChI is InChI=1S/C16H23F2N3O3.2ClH/c1-23-9-7-19-10-15(22)20-12-6-8-21(11-12)13-4-2-3-5-14(13)24-16(17)18;;/h2-5,12,16,19H,6-11H2,1H3,(H,20,22);2*1H. The van der Waals surface area contributed by atoms with Crippen molar-refractivity contribution in [3.05, 3.63) is 24.3 Å². The number of hydrogen-bond donors (Lipinski definition) is 2. The number of benzene rings is 1. The number of anilines is 1. The Labute approximate surface area is 164 Å². The number of rotatable bonds is 9. The molecule has 10 heteroatoms. The highest BCUT2D eigenvalue weighted by Crippen LogP contribution is 2.31. The van der Waals surface area contributed by atoms with Crippen LogP contribution in [0.15, 0.2) is 24.3 Å². The summed E-state index contributed by atoms with van der Waals surface area (Å²) in [5.74, 6) is 0.0655. The molecule has 0 radical (unpaired) electrons. The third kappa shape index (κ3) is 7.90. The van der Waals surface area contributed by atoms with Gasteiger partial charge >= 0.3 is 6.61 Å². The van der Waals surface area contributed by atoms with Crippen LogP contribution in [0.4, 0.5) is 14.5 Å². The molecule has 1 atom stereocenters. The zero-order valence-electron chi connectivity index (χ0n) is 14.5. The van der Waals surface area contributed by atoms with Crippen molar-refractivity contribution in [3.63, 3.8) is 0 Å². The molecule has 1 aromatic rings. The molecule has 0 spiro atoms. The summed E-state index contributed by atoms with van der Waals surface area (Å²) in [5, 5.41) is 5.92. The predicted molar refractivity (Wildman–Crippen MR) is 101 cm³/mol. The van der Waals surface area contributed by atoms with Crippen molar-refractivity contribution in [1.82, 2.24) is 10.6 Å². The molecule has 1 fully saturated rings. The fourth-order valence-corrected chi connectivity index (χ4v) is 2.67. The maximum atomic E-state index is 12.5. The molecule has 0 aliphatic carbocycles. The van der Waals surface area contributed by atoms with E-state index in [4.69, 9.17) is 4.74 Å². The summed E-state index contributed by atoms with van der Waals surface area (Å²) in [4.78, 5) is 13.8. The van der Waals surface area contributed by atoms with Crippen molar-refractivity contribution in [2.75, 3.05) is 44.8 Å². The summed E-state index contributed by atoms with van der Waals surface area (Å²) in [6.45, 7) is -0.239. The molecule has 1 aliphatic rings. The van der Waals surface area contributed by atoms with Gasteiger partial charge in [0.2, 0.25) is 5.91 Å². The highest BCUT2D eigenvalue weighted by Gasteiger charge is 2.26. The summed E-state index contributed by atoms with van der Waals surface area (Å²) >= 11 is 0. The lowest BCUT2D eigenvalue weighted by Crippen LogP contribution is -2.42. The van der Waals surface area contributed by atoms with Crippen LogP contribution in [0.5, 0.6) is 5.75 Å². The highest BCUT2D eigenvalue weighted by atomic mass is 35.5. The van der Waals surface area contributed by atoms with Gasteiger partial charge in [0.1, 0.15) is 5.75 Å². The van der Waals surface area contributed by atoms with Crippen LogP contribution in [0.1, 0.15) is 6.42 Å². The van der Waals surface area contributed by atoms with Crippen LogP contribution in [-0.2, 0) is 9.53 Å². The number of hydrogen-bond acceptors (Lipinski definition) is 5. The Morgan fingerprint density at radius 2 is 2.08 bits per heavy atom. The SMILES string of the molecule is COCCNCC(=O)NC1CCN(c2ccccc2OC(F)F)C1.Cl.Cl. The molecule has 6 nitrogen and oxygen atoms in total. The van der Waals surface area contributed by atoms with E-state index in [-0.39, 0.29) is 49.1 Å². The van der Waals surface area contributed by atoms with Crippen molar-refractivity contribution in [2.24, 2.45) is 0 Å². The van der Waals surface area contributed by atoms with Gasteiger partial charge in [-0.25, -0.2) is 0 Å². The number of para-hydroxylation sites is 2. The van der Waals surface area contributed by atoms with Gasteiger partial charge in [0.15, 0.2) is 0 Å². The predicted octanol–water partition coefficient (Wildman–Crippen LogP) is 2.06. The Morgan fingerprint density at radius 1 is 1.35 bits per heavy atom. The molecule has 1 aliphatic heterocycles. The Balaban J connectivity index is 0.00000312. The quantitative estimate of drug-likeness (QED) is 0.604. The summed E-state index contributed by atoms with van der Waals surface area (Å²) in [5.41, 5.74) is 0.618. The van der Waals surface area contributed by atoms with Crippen LogP contribution >= 0.6 is 24.8 Å². The van der Waals surface area contributed by atoms with Crippen LogP contribution in [-0.4, -0.2) is 58.5 Å². The number of methoxy groups -OCH3 is 1. The summed E-state index contributed by atoms with van der Waals surface area (Å²) in [6, 6.07) is 6.68. The lowest BCUT2D eigenvalue weighted by molar-refractivity contribution is -0.120. The fourth-order valence-electron chi connectivity index (χ4n) is 2.67. The average molecular weight is 416 g/mol. The minimum absolute atomic E-state index is 0. The van der Waals surface area contributed by atoms with Crippen LogP contribution < -0.4 is 20.3 Å². The molecule has 1 amide bonds. The highest BCUT2D eigenvalue weighted by molar-refractivity contribution is 5.85. The molecular formula is C16H25Cl2F2N3O3. The second kappa shape index (κ2) is 12.9. The second-order valence-electron chi connectivity index (χ2n) is 5.51. The van der Waals surface area contributed by atoms with Gasteiger partial charge in [0.25, 0.3) is 0 Å². The fraction of sp³-hybridized carbons (Fsp3) is 0.562. The van der Waals surface area contributed by atoms with Crippen molar-refractivity contribution in [1.29, 1.82) is 0 Å². The zero-order chi connectivity index (χ0) is 17.4. The molecule has 1 unspecified atom stereocenters. The Kier molecular flexibility index (Phi) is 12.2. The normalized spacial score (nSPS) is 16.0. The van der Waals surface area contributed by atoms with E-state index in [1.807, 2.05) is 4.90 Å². The van der Waals surface area contributed by atoms with E-state index in [1.165, 1.54) is 6.07 Å². The average Bonchev–Trinajstić information content (AvgIpc) is 3.00. The molecule has 150 valence electrons. The van der Waals surface area contributed by atoms with Gasteiger partial charge in [-0.2, -0.15) is 8.78 Å². The molecule has 0 bridgehead atoms. The third-order valence-electron chi connectivity index (χ3n) is 3.74. The number of ether oxygens (including phenoxy) is 2. The largest absolute Gasteiger partial charge is 0.433 e. The molecule has 0 saturated carbocycles. The maximum absolute atomic E-state index is 12.5. The number of halogens is 4. The van der Waals surface area contributed by atoms with Gasteiger partial charge in [-0.15, -0.1) is 24.8 Å². The number of carbonyl (C=O) groups is 1. The summed E-state index contributed by atoms with van der Waals surface area (Å²) in [6.07, 6.45) is 0.757. The Morgan fingerprint density at radius 3 is 2.77 bits per heavy atom. The molecule has 2 N–H and O–H groups in total. The number of amides is 1. The molecule has 1 heterocycles. The monoisotopic (exact) mass is 415 g/mol. The molecular weight excluding hydrogens is 391 g/mol. The van der Waals surface area contributed by atoms with Gasteiger partial charge in [-0.3, -0.25) is 4.79 Å². The lowest BCUT2D eigenvalue weighted by Gasteiger charge is -2.22. The smallest absolute Gasteiger partial charge is 0.387 e. The van der Waals surface area contributed by atoms with E-state index >= 15 is 0 Å². The summed E-state index contributed by atoms with van der Waals surface area (Å²) < 4.78 is 34.5. The van der Waals surface area contributed by atoms with Crippen molar-refractivity contribution < 1.29 is 23.0 Å². The molecule has 1 aromatic carbocycles. The van der Waals surface area contributed by atoms with Crippen molar-refractivity contribution in [3.8, 4) is 5.75 Å². The van der Waals surface area contributed by atoms with Crippen LogP contribution in [0, 0.1) is 0 Å². The number of alkyl halides is 2. The minimum Gasteiger partial charge on any atom is -0.433 e.